The van der Waals surface area contributed by atoms with E-state index in [2.05, 4.69) is 35.1 Å². The number of anilines is 2. The Morgan fingerprint density at radius 2 is 2.07 bits per heavy atom. The number of hydrogen-bond donors (Lipinski definition) is 2. The molecule has 0 aliphatic heterocycles. The lowest BCUT2D eigenvalue weighted by molar-refractivity contribution is 0.495. The predicted octanol–water partition coefficient (Wildman–Crippen LogP) is 3.63. The van der Waals surface area contributed by atoms with E-state index in [4.69, 9.17) is 5.73 Å². The van der Waals surface area contributed by atoms with Gasteiger partial charge in [-0.05, 0) is 50.8 Å². The number of halogens is 1. The van der Waals surface area contributed by atoms with Gasteiger partial charge in [0, 0.05) is 10.0 Å². The van der Waals surface area contributed by atoms with Gasteiger partial charge in [-0.3, -0.25) is 0 Å². The monoisotopic (exact) mass is 268 g/mol. The fourth-order valence-corrected chi connectivity index (χ4v) is 2.28. The molecule has 15 heavy (non-hydrogen) atoms. The molecule has 3 heteroatoms. The number of rotatable bonds is 3. The third-order valence-electron chi connectivity index (χ3n) is 3.07. The Kier molecular flexibility index (Phi) is 2.67. The highest BCUT2D eigenvalue weighted by molar-refractivity contribution is 9.10. The van der Waals surface area contributed by atoms with E-state index in [0.717, 1.165) is 21.8 Å². The topological polar surface area (TPSA) is 38.0 Å². The van der Waals surface area contributed by atoms with E-state index in [9.17, 15) is 0 Å². The molecular weight excluding hydrogens is 252 g/mol. The van der Waals surface area contributed by atoms with Crippen LogP contribution < -0.4 is 11.1 Å². The van der Waals surface area contributed by atoms with Crippen LogP contribution in [0.2, 0.25) is 0 Å². The van der Waals surface area contributed by atoms with Crippen molar-refractivity contribution in [2.75, 3.05) is 11.1 Å². The van der Waals surface area contributed by atoms with Crippen molar-refractivity contribution in [3.05, 3.63) is 22.7 Å². The highest BCUT2D eigenvalue weighted by Gasteiger charge is 2.37. The largest absolute Gasteiger partial charge is 0.397 e. The third kappa shape index (κ3) is 2.46. The highest BCUT2D eigenvalue weighted by atomic mass is 79.9. The lowest BCUT2D eigenvalue weighted by Crippen LogP contribution is -2.33. The van der Waals surface area contributed by atoms with Crippen molar-refractivity contribution >= 4 is 27.3 Å². The van der Waals surface area contributed by atoms with Gasteiger partial charge in [0.05, 0.1) is 11.4 Å². The zero-order valence-electron chi connectivity index (χ0n) is 9.18. The predicted molar refractivity (Wildman–Crippen MR) is 69.0 cm³/mol. The first-order valence-electron chi connectivity index (χ1n) is 5.32. The van der Waals surface area contributed by atoms with Gasteiger partial charge in [0.2, 0.25) is 0 Å². The van der Waals surface area contributed by atoms with Gasteiger partial charge in [-0.1, -0.05) is 15.9 Å². The van der Waals surface area contributed by atoms with Gasteiger partial charge in [-0.25, -0.2) is 0 Å². The molecule has 0 spiro atoms. The lowest BCUT2D eigenvalue weighted by Gasteiger charge is -2.28. The summed E-state index contributed by atoms with van der Waals surface area (Å²) in [5.41, 5.74) is 7.95. The second kappa shape index (κ2) is 3.71. The molecule has 0 heterocycles. The van der Waals surface area contributed by atoms with Gasteiger partial charge < -0.3 is 11.1 Å². The zero-order chi connectivity index (χ0) is 11.1. The van der Waals surface area contributed by atoms with Gasteiger partial charge >= 0.3 is 0 Å². The molecule has 0 amide bonds. The van der Waals surface area contributed by atoms with E-state index in [1.165, 1.54) is 12.8 Å². The minimum Gasteiger partial charge on any atom is -0.397 e. The Labute approximate surface area is 99.4 Å². The smallest absolute Gasteiger partial charge is 0.0578 e. The standard InChI is InChI=1S/C12H17BrN2/c1-12(2,8-3-4-8)15-11-6-5-9(13)7-10(11)14/h5-8,15H,3-4,14H2,1-2H3. The molecule has 82 valence electrons. The molecule has 1 aromatic rings. The van der Waals surface area contributed by atoms with Gasteiger partial charge in [-0.15, -0.1) is 0 Å². The Hall–Kier alpha value is -0.700. The summed E-state index contributed by atoms with van der Waals surface area (Å²) in [6.45, 7) is 4.48. The number of nitrogens with one attached hydrogen (secondary N) is 1. The first-order valence-corrected chi connectivity index (χ1v) is 6.11. The Balaban J connectivity index is 2.16. The van der Waals surface area contributed by atoms with Crippen LogP contribution in [0, 0.1) is 5.92 Å². The van der Waals surface area contributed by atoms with E-state index < -0.39 is 0 Å². The normalized spacial score (nSPS) is 16.5. The van der Waals surface area contributed by atoms with E-state index in [1.807, 2.05) is 18.2 Å². The van der Waals surface area contributed by atoms with Crippen LogP contribution in [0.25, 0.3) is 0 Å². The van der Waals surface area contributed by atoms with Gasteiger partial charge in [0.15, 0.2) is 0 Å². The molecule has 1 aliphatic carbocycles. The average molecular weight is 269 g/mol. The number of hydrogen-bond acceptors (Lipinski definition) is 2. The van der Waals surface area contributed by atoms with Crippen LogP contribution in [0.4, 0.5) is 11.4 Å². The first kappa shape index (κ1) is 10.8. The molecule has 0 aromatic heterocycles. The van der Waals surface area contributed by atoms with Crippen molar-refractivity contribution in [2.45, 2.75) is 32.2 Å². The van der Waals surface area contributed by atoms with Crippen LogP contribution in [-0.2, 0) is 0 Å². The molecule has 1 aliphatic rings. The lowest BCUT2D eigenvalue weighted by atomic mass is 9.98. The maximum atomic E-state index is 5.96. The van der Waals surface area contributed by atoms with Crippen LogP contribution in [0.5, 0.6) is 0 Å². The molecule has 2 nitrogen and oxygen atoms in total. The summed E-state index contributed by atoms with van der Waals surface area (Å²) in [6, 6.07) is 5.98. The summed E-state index contributed by atoms with van der Waals surface area (Å²) < 4.78 is 1.02. The van der Waals surface area contributed by atoms with Crippen molar-refractivity contribution in [3.8, 4) is 0 Å². The summed E-state index contributed by atoms with van der Waals surface area (Å²) in [6.07, 6.45) is 2.66. The first-order chi connectivity index (χ1) is 6.99. The van der Waals surface area contributed by atoms with Gasteiger partial charge in [0.1, 0.15) is 0 Å². The maximum Gasteiger partial charge on any atom is 0.0578 e. The van der Waals surface area contributed by atoms with E-state index >= 15 is 0 Å². The second-order valence-electron chi connectivity index (χ2n) is 4.85. The number of benzene rings is 1. The summed E-state index contributed by atoms with van der Waals surface area (Å²) >= 11 is 3.41. The molecule has 1 saturated carbocycles. The van der Waals surface area contributed by atoms with E-state index in [0.29, 0.717) is 0 Å². The van der Waals surface area contributed by atoms with Crippen molar-refractivity contribution in [3.63, 3.8) is 0 Å². The summed E-state index contributed by atoms with van der Waals surface area (Å²) in [7, 11) is 0. The number of nitrogens with two attached hydrogens (primary N) is 1. The van der Waals surface area contributed by atoms with Crippen LogP contribution in [-0.4, -0.2) is 5.54 Å². The highest BCUT2D eigenvalue weighted by Crippen LogP contribution is 2.41. The fraction of sp³-hybridized carbons (Fsp3) is 0.500. The van der Waals surface area contributed by atoms with Crippen LogP contribution in [0.3, 0.4) is 0 Å². The molecule has 0 atom stereocenters. The summed E-state index contributed by atoms with van der Waals surface area (Å²) in [4.78, 5) is 0. The Morgan fingerprint density at radius 3 is 2.60 bits per heavy atom. The minimum atomic E-state index is 0.155. The van der Waals surface area contributed by atoms with Crippen molar-refractivity contribution < 1.29 is 0 Å². The molecule has 2 rings (SSSR count). The van der Waals surface area contributed by atoms with Crippen molar-refractivity contribution in [2.24, 2.45) is 5.92 Å². The Morgan fingerprint density at radius 1 is 1.40 bits per heavy atom. The molecule has 0 bridgehead atoms. The second-order valence-corrected chi connectivity index (χ2v) is 5.77. The third-order valence-corrected chi connectivity index (χ3v) is 3.56. The van der Waals surface area contributed by atoms with Crippen LogP contribution in [0.1, 0.15) is 26.7 Å². The molecule has 0 saturated heterocycles. The molecule has 3 N–H and O–H groups in total. The molecule has 1 fully saturated rings. The van der Waals surface area contributed by atoms with Crippen LogP contribution in [0.15, 0.2) is 22.7 Å². The molecule has 1 aromatic carbocycles. The SMILES string of the molecule is CC(C)(Nc1ccc(Br)cc1N)C1CC1. The zero-order valence-corrected chi connectivity index (χ0v) is 10.8. The quantitative estimate of drug-likeness (QED) is 0.822. The summed E-state index contributed by atoms with van der Waals surface area (Å²) in [5.74, 6) is 0.792. The molecule has 0 unspecified atom stereocenters. The molecular formula is C12H17BrN2. The Bertz CT molecular complexity index is 370. The van der Waals surface area contributed by atoms with Crippen LogP contribution >= 0.6 is 15.9 Å². The van der Waals surface area contributed by atoms with Gasteiger partial charge in [0.25, 0.3) is 0 Å². The van der Waals surface area contributed by atoms with E-state index in [1.54, 1.807) is 0 Å². The summed E-state index contributed by atoms with van der Waals surface area (Å²) in [5, 5.41) is 3.53. The van der Waals surface area contributed by atoms with Crippen molar-refractivity contribution in [1.82, 2.24) is 0 Å². The fourth-order valence-electron chi connectivity index (χ4n) is 1.90. The minimum absolute atomic E-state index is 0.155. The average Bonchev–Trinajstić information content (AvgIpc) is 2.92. The van der Waals surface area contributed by atoms with Gasteiger partial charge in [-0.2, -0.15) is 0 Å². The van der Waals surface area contributed by atoms with Crippen molar-refractivity contribution in [1.29, 1.82) is 0 Å². The number of nitrogen functional groups attached to an aromatic ring is 1. The maximum absolute atomic E-state index is 5.96. The molecule has 0 radical (unpaired) electrons. The van der Waals surface area contributed by atoms with E-state index in [-0.39, 0.29) is 5.54 Å².